The molecule has 0 aliphatic carbocycles. The van der Waals surface area contributed by atoms with E-state index in [1.165, 1.54) is 4.90 Å². The number of aryl methyl sites for hydroxylation is 2. The molecule has 0 saturated heterocycles. The molecule has 1 amide bonds. The molecule has 1 N–H and O–H groups in total. The summed E-state index contributed by atoms with van der Waals surface area (Å²) in [6, 6.07) is 16.2. The SMILES string of the molecule is CCn1cc(CN(C(=O)OCc2ccccc2)c2ccccc2O)c(C)n1. The van der Waals surface area contributed by atoms with E-state index in [2.05, 4.69) is 5.10 Å². The first-order valence-electron chi connectivity index (χ1n) is 8.87. The van der Waals surface area contributed by atoms with Crippen LogP contribution in [0.2, 0.25) is 0 Å². The maximum atomic E-state index is 12.8. The average molecular weight is 365 g/mol. The summed E-state index contributed by atoms with van der Waals surface area (Å²) in [5, 5.41) is 14.7. The molecule has 0 radical (unpaired) electrons. The first-order valence-corrected chi connectivity index (χ1v) is 8.87. The van der Waals surface area contributed by atoms with E-state index in [9.17, 15) is 9.90 Å². The molecule has 1 heterocycles. The fraction of sp³-hybridized carbons (Fsp3) is 0.238. The van der Waals surface area contributed by atoms with E-state index in [1.807, 2.05) is 55.1 Å². The maximum Gasteiger partial charge on any atom is 0.415 e. The third kappa shape index (κ3) is 4.47. The van der Waals surface area contributed by atoms with E-state index >= 15 is 0 Å². The van der Waals surface area contributed by atoms with Gasteiger partial charge in [0.05, 0.1) is 17.9 Å². The van der Waals surface area contributed by atoms with Gasteiger partial charge in [-0.2, -0.15) is 5.10 Å². The number of carbonyl (C=O) groups is 1. The molecule has 27 heavy (non-hydrogen) atoms. The molecule has 6 nitrogen and oxygen atoms in total. The van der Waals surface area contributed by atoms with Crippen LogP contribution in [0.15, 0.2) is 60.8 Å². The fourth-order valence-corrected chi connectivity index (χ4v) is 2.78. The number of ether oxygens (including phenoxy) is 1. The van der Waals surface area contributed by atoms with Crippen molar-refractivity contribution in [1.82, 2.24) is 9.78 Å². The topological polar surface area (TPSA) is 67.6 Å². The van der Waals surface area contributed by atoms with Crippen LogP contribution in [0, 0.1) is 6.92 Å². The highest BCUT2D eigenvalue weighted by atomic mass is 16.6. The number of aromatic nitrogens is 2. The molecule has 0 unspecified atom stereocenters. The van der Waals surface area contributed by atoms with Crippen molar-refractivity contribution in [2.24, 2.45) is 0 Å². The van der Waals surface area contributed by atoms with Crippen molar-refractivity contribution >= 4 is 11.8 Å². The third-order valence-corrected chi connectivity index (χ3v) is 4.30. The van der Waals surface area contributed by atoms with Crippen LogP contribution in [-0.4, -0.2) is 21.0 Å². The zero-order chi connectivity index (χ0) is 19.2. The molecule has 0 fully saturated rings. The van der Waals surface area contributed by atoms with E-state index in [0.717, 1.165) is 23.4 Å². The Labute approximate surface area is 158 Å². The van der Waals surface area contributed by atoms with Crippen LogP contribution in [0.5, 0.6) is 5.75 Å². The van der Waals surface area contributed by atoms with E-state index in [-0.39, 0.29) is 18.9 Å². The van der Waals surface area contributed by atoms with E-state index < -0.39 is 6.09 Å². The summed E-state index contributed by atoms with van der Waals surface area (Å²) in [6.45, 7) is 5.08. The lowest BCUT2D eigenvalue weighted by Gasteiger charge is -2.23. The van der Waals surface area contributed by atoms with Gasteiger partial charge in [0.2, 0.25) is 0 Å². The number of nitrogens with zero attached hydrogens (tertiary/aromatic N) is 3. The number of phenolic OH excluding ortho intramolecular Hbond substituents is 1. The molecule has 0 atom stereocenters. The van der Waals surface area contributed by atoms with Crippen molar-refractivity contribution in [1.29, 1.82) is 0 Å². The molecule has 3 rings (SSSR count). The molecular weight excluding hydrogens is 342 g/mol. The Hall–Kier alpha value is -3.28. The van der Waals surface area contributed by atoms with Gasteiger partial charge in [-0.05, 0) is 31.5 Å². The molecule has 140 valence electrons. The van der Waals surface area contributed by atoms with Gasteiger partial charge in [0.15, 0.2) is 0 Å². The second-order valence-corrected chi connectivity index (χ2v) is 6.21. The van der Waals surface area contributed by atoms with Crippen molar-refractivity contribution in [3.8, 4) is 5.75 Å². The Morgan fingerprint density at radius 2 is 1.85 bits per heavy atom. The van der Waals surface area contributed by atoms with Crippen molar-refractivity contribution in [3.05, 3.63) is 77.6 Å². The van der Waals surface area contributed by atoms with E-state index in [0.29, 0.717) is 5.69 Å². The number of hydrogen-bond acceptors (Lipinski definition) is 4. The smallest absolute Gasteiger partial charge is 0.415 e. The molecule has 1 aromatic heterocycles. The minimum absolute atomic E-state index is 0.0229. The number of para-hydroxylation sites is 2. The van der Waals surface area contributed by atoms with Gasteiger partial charge >= 0.3 is 6.09 Å². The summed E-state index contributed by atoms with van der Waals surface area (Å²) in [6.07, 6.45) is 1.39. The highest BCUT2D eigenvalue weighted by Crippen LogP contribution is 2.29. The Bertz CT molecular complexity index is 906. The number of aromatic hydroxyl groups is 1. The van der Waals surface area contributed by atoms with Crippen LogP contribution in [0.3, 0.4) is 0 Å². The Balaban J connectivity index is 1.84. The molecule has 0 aliphatic rings. The van der Waals surface area contributed by atoms with E-state index in [1.54, 1.807) is 24.3 Å². The molecule has 2 aromatic carbocycles. The summed E-state index contributed by atoms with van der Waals surface area (Å²) in [7, 11) is 0. The molecular formula is C21H23N3O3. The second-order valence-electron chi connectivity index (χ2n) is 6.21. The zero-order valence-corrected chi connectivity index (χ0v) is 15.5. The molecule has 0 spiro atoms. The minimum Gasteiger partial charge on any atom is -0.506 e. The molecule has 0 aliphatic heterocycles. The summed E-state index contributed by atoms with van der Waals surface area (Å²) >= 11 is 0. The lowest BCUT2D eigenvalue weighted by atomic mass is 10.2. The number of hydrogen-bond donors (Lipinski definition) is 1. The maximum absolute atomic E-state index is 12.8. The first kappa shape index (κ1) is 18.5. The van der Waals surface area contributed by atoms with Crippen molar-refractivity contribution in [2.45, 2.75) is 33.5 Å². The number of carbonyl (C=O) groups excluding carboxylic acids is 1. The Morgan fingerprint density at radius 3 is 2.52 bits per heavy atom. The van der Waals surface area contributed by atoms with E-state index in [4.69, 9.17) is 4.74 Å². The number of phenols is 1. The summed E-state index contributed by atoms with van der Waals surface area (Å²) in [5.74, 6) is 0.0229. The normalized spacial score (nSPS) is 10.6. The summed E-state index contributed by atoms with van der Waals surface area (Å²) in [5.41, 5.74) is 3.04. The third-order valence-electron chi connectivity index (χ3n) is 4.30. The Morgan fingerprint density at radius 1 is 1.15 bits per heavy atom. The first-order chi connectivity index (χ1) is 13.1. The lowest BCUT2D eigenvalue weighted by Crippen LogP contribution is -2.31. The number of anilines is 1. The van der Waals surface area contributed by atoms with Gasteiger partial charge < -0.3 is 9.84 Å². The number of rotatable bonds is 6. The standard InChI is InChI=1S/C21H23N3O3/c1-3-23-13-18(16(2)22-23)14-24(19-11-7-8-12-20(19)25)21(26)27-15-17-9-5-4-6-10-17/h4-13,25H,3,14-15H2,1-2H3. The van der Waals surface area contributed by atoms with Gasteiger partial charge in [-0.3, -0.25) is 9.58 Å². The van der Waals surface area contributed by atoms with Crippen LogP contribution < -0.4 is 4.90 Å². The minimum atomic E-state index is -0.524. The molecule has 0 saturated carbocycles. The highest BCUT2D eigenvalue weighted by Gasteiger charge is 2.22. The molecule has 3 aromatic rings. The highest BCUT2D eigenvalue weighted by molar-refractivity contribution is 5.89. The van der Waals surface area contributed by atoms with Gasteiger partial charge in [0.25, 0.3) is 0 Å². The molecule has 6 heteroatoms. The van der Waals surface area contributed by atoms with Crippen molar-refractivity contribution in [2.75, 3.05) is 4.90 Å². The van der Waals surface area contributed by atoms with Crippen molar-refractivity contribution < 1.29 is 14.6 Å². The van der Waals surface area contributed by atoms with Crippen molar-refractivity contribution in [3.63, 3.8) is 0 Å². The van der Waals surface area contributed by atoms with Gasteiger partial charge in [0.1, 0.15) is 12.4 Å². The van der Waals surface area contributed by atoms with Crippen LogP contribution in [-0.2, 0) is 24.4 Å². The van der Waals surface area contributed by atoms with Crippen LogP contribution >= 0.6 is 0 Å². The average Bonchev–Trinajstić information content (AvgIpc) is 3.05. The van der Waals surface area contributed by atoms with Crippen LogP contribution in [0.25, 0.3) is 0 Å². The lowest BCUT2D eigenvalue weighted by molar-refractivity contribution is 0.146. The van der Waals surface area contributed by atoms with Gasteiger partial charge in [-0.1, -0.05) is 42.5 Å². The molecule has 0 bridgehead atoms. The number of benzene rings is 2. The predicted molar refractivity (Wildman–Crippen MR) is 104 cm³/mol. The quantitative estimate of drug-likeness (QED) is 0.709. The van der Waals surface area contributed by atoms with Crippen LogP contribution in [0.1, 0.15) is 23.7 Å². The predicted octanol–water partition coefficient (Wildman–Crippen LogP) is 4.26. The summed E-state index contributed by atoms with van der Waals surface area (Å²) < 4.78 is 7.32. The van der Waals surface area contributed by atoms with Gasteiger partial charge in [0, 0.05) is 18.3 Å². The summed E-state index contributed by atoms with van der Waals surface area (Å²) in [4.78, 5) is 14.3. The second kappa shape index (κ2) is 8.40. The largest absolute Gasteiger partial charge is 0.506 e. The van der Waals surface area contributed by atoms with Gasteiger partial charge in [-0.15, -0.1) is 0 Å². The fourth-order valence-electron chi connectivity index (χ4n) is 2.78. The van der Waals surface area contributed by atoms with Crippen LogP contribution in [0.4, 0.5) is 10.5 Å². The monoisotopic (exact) mass is 365 g/mol. The Kier molecular flexibility index (Phi) is 5.76. The number of amides is 1. The van der Waals surface area contributed by atoms with Gasteiger partial charge in [-0.25, -0.2) is 4.79 Å². The zero-order valence-electron chi connectivity index (χ0n) is 15.5.